The number of alkyl halides is 3. The molecule has 0 atom stereocenters. The number of benzene rings is 2. The first-order valence-electron chi connectivity index (χ1n) is 13.8. The zero-order chi connectivity index (χ0) is 28.5. The lowest BCUT2D eigenvalue weighted by Crippen LogP contribution is -2.42. The highest BCUT2D eigenvalue weighted by Crippen LogP contribution is 2.46. The Hall–Kier alpha value is -2.76. The highest BCUT2D eigenvalue weighted by Gasteiger charge is 2.45. The molecule has 1 spiro atoms. The summed E-state index contributed by atoms with van der Waals surface area (Å²) in [6.45, 7) is 1.46. The number of halogens is 5. The maximum absolute atomic E-state index is 13.0. The molecule has 2 aromatic carbocycles. The third-order valence-electron chi connectivity index (χ3n) is 8.80. The van der Waals surface area contributed by atoms with Gasteiger partial charge in [-0.05, 0) is 67.5 Å². The Morgan fingerprint density at radius 3 is 2.17 bits per heavy atom. The van der Waals surface area contributed by atoms with E-state index < -0.39 is 12.1 Å². The van der Waals surface area contributed by atoms with E-state index in [9.17, 15) is 23.2 Å². The summed E-state index contributed by atoms with van der Waals surface area (Å²) in [5, 5.41) is 10.4. The molecule has 5 nitrogen and oxygen atoms in total. The van der Waals surface area contributed by atoms with Crippen molar-refractivity contribution in [3.63, 3.8) is 0 Å². The van der Waals surface area contributed by atoms with E-state index in [4.69, 9.17) is 23.2 Å². The molecule has 10 heteroatoms. The molecule has 2 heterocycles. The van der Waals surface area contributed by atoms with Crippen molar-refractivity contribution in [1.82, 2.24) is 9.80 Å². The number of likely N-dealkylation sites (tertiary alicyclic amines) is 2. The lowest BCUT2D eigenvalue weighted by atomic mass is 9.72. The SMILES string of the molecule is N#C/N=C1/N(Cc2c(Cl)cc(-c3ccc(C(=O)N4CCC(C(F)(F)F)CC4)cc3)cc2Cl)CCC12CCCCC2. The Morgan fingerprint density at radius 2 is 1.60 bits per heavy atom. The van der Waals surface area contributed by atoms with Crippen LogP contribution in [0.3, 0.4) is 0 Å². The molecule has 3 aliphatic rings. The molecule has 0 N–H and O–H groups in total. The monoisotopic (exact) mass is 590 g/mol. The minimum Gasteiger partial charge on any atom is -0.354 e. The maximum Gasteiger partial charge on any atom is 0.391 e. The second kappa shape index (κ2) is 11.6. The third kappa shape index (κ3) is 5.82. The Kier molecular flexibility index (Phi) is 8.35. The summed E-state index contributed by atoms with van der Waals surface area (Å²) in [5.41, 5.74) is 2.79. The van der Waals surface area contributed by atoms with Gasteiger partial charge in [0.25, 0.3) is 5.91 Å². The van der Waals surface area contributed by atoms with Crippen LogP contribution in [-0.2, 0) is 6.54 Å². The van der Waals surface area contributed by atoms with Crippen molar-refractivity contribution < 1.29 is 18.0 Å². The standard InChI is InChI=1S/C30H31Cl2F3N4O/c31-25-16-22(20-4-6-21(7-5-20)27(40)38-13-8-23(9-14-38)30(33,34)35)17-26(32)24(25)18-39-15-12-29(28(39)37-19-36)10-2-1-3-11-29/h4-7,16-17,23H,1-3,8-15,18H2/b37-28+. The van der Waals surface area contributed by atoms with Gasteiger partial charge in [0.1, 0.15) is 5.84 Å². The summed E-state index contributed by atoms with van der Waals surface area (Å²) in [4.78, 5) is 20.8. The van der Waals surface area contributed by atoms with E-state index in [0.717, 1.165) is 61.2 Å². The van der Waals surface area contributed by atoms with Gasteiger partial charge in [0.2, 0.25) is 6.19 Å². The summed E-state index contributed by atoms with van der Waals surface area (Å²) in [6.07, 6.45) is 4.24. The Labute approximate surface area is 242 Å². The van der Waals surface area contributed by atoms with Gasteiger partial charge in [-0.1, -0.05) is 54.6 Å². The smallest absolute Gasteiger partial charge is 0.354 e. The number of piperidine rings is 1. The minimum absolute atomic E-state index is 0.0275. The van der Waals surface area contributed by atoms with Crippen LogP contribution in [0.15, 0.2) is 41.4 Å². The third-order valence-corrected chi connectivity index (χ3v) is 9.48. The number of nitriles is 1. The summed E-state index contributed by atoms with van der Waals surface area (Å²) in [7, 11) is 0. The molecule has 3 fully saturated rings. The molecule has 2 aliphatic heterocycles. The molecular weight excluding hydrogens is 560 g/mol. The maximum atomic E-state index is 13.0. The zero-order valence-electron chi connectivity index (χ0n) is 22.1. The van der Waals surface area contributed by atoms with Crippen LogP contribution in [0.5, 0.6) is 0 Å². The van der Waals surface area contributed by atoms with Gasteiger partial charge in [0, 0.05) is 52.8 Å². The van der Waals surface area contributed by atoms with E-state index in [2.05, 4.69) is 9.89 Å². The number of aliphatic imine (C=N–C) groups is 1. The van der Waals surface area contributed by atoms with Crippen molar-refractivity contribution >= 4 is 34.9 Å². The Balaban J connectivity index is 1.28. The fourth-order valence-electron chi connectivity index (χ4n) is 6.50. The predicted octanol–water partition coefficient (Wildman–Crippen LogP) is 8.11. The van der Waals surface area contributed by atoms with Crippen LogP contribution >= 0.6 is 23.2 Å². The number of carbonyl (C=O) groups is 1. The number of rotatable bonds is 4. The van der Waals surface area contributed by atoms with E-state index in [1.54, 1.807) is 24.3 Å². The van der Waals surface area contributed by atoms with Crippen molar-refractivity contribution in [1.29, 1.82) is 5.26 Å². The normalized spacial score (nSPS) is 20.8. The number of hydrogen-bond donors (Lipinski definition) is 0. The molecule has 0 unspecified atom stereocenters. The Morgan fingerprint density at radius 1 is 0.975 bits per heavy atom. The van der Waals surface area contributed by atoms with Gasteiger partial charge in [0.15, 0.2) is 0 Å². The van der Waals surface area contributed by atoms with E-state index in [1.807, 2.05) is 18.3 Å². The lowest BCUT2D eigenvalue weighted by molar-refractivity contribution is -0.183. The van der Waals surface area contributed by atoms with E-state index in [1.165, 1.54) is 11.3 Å². The quantitative estimate of drug-likeness (QED) is 0.338. The van der Waals surface area contributed by atoms with E-state index in [-0.39, 0.29) is 37.3 Å². The first-order valence-corrected chi connectivity index (χ1v) is 14.5. The summed E-state index contributed by atoms with van der Waals surface area (Å²) < 4.78 is 38.9. The molecule has 0 aromatic heterocycles. The molecule has 5 rings (SSSR count). The molecule has 0 bridgehead atoms. The molecular formula is C30H31Cl2F3N4O. The summed E-state index contributed by atoms with van der Waals surface area (Å²) in [6, 6.07) is 10.6. The average Bonchev–Trinajstić information content (AvgIpc) is 3.26. The van der Waals surface area contributed by atoms with Gasteiger partial charge in [-0.2, -0.15) is 23.4 Å². The lowest BCUT2D eigenvalue weighted by Gasteiger charge is -2.34. The molecule has 2 aromatic rings. The van der Waals surface area contributed by atoms with Crippen LogP contribution in [0.1, 0.15) is 67.3 Å². The first-order chi connectivity index (χ1) is 19.1. The van der Waals surface area contributed by atoms with Crippen LogP contribution in [0, 0.1) is 22.8 Å². The predicted molar refractivity (Wildman–Crippen MR) is 150 cm³/mol. The first kappa shape index (κ1) is 28.8. The largest absolute Gasteiger partial charge is 0.391 e. The fourth-order valence-corrected chi connectivity index (χ4v) is 7.11. The highest BCUT2D eigenvalue weighted by molar-refractivity contribution is 6.36. The van der Waals surface area contributed by atoms with Crippen LogP contribution < -0.4 is 0 Å². The number of carbonyl (C=O) groups excluding carboxylic acids is 1. The zero-order valence-corrected chi connectivity index (χ0v) is 23.6. The number of hydrogen-bond acceptors (Lipinski definition) is 3. The molecule has 212 valence electrons. The molecule has 1 saturated carbocycles. The summed E-state index contributed by atoms with van der Waals surface area (Å²) >= 11 is 13.5. The fraction of sp³-hybridized carbons (Fsp3) is 0.500. The highest BCUT2D eigenvalue weighted by atomic mass is 35.5. The van der Waals surface area contributed by atoms with E-state index in [0.29, 0.717) is 22.2 Å². The van der Waals surface area contributed by atoms with Gasteiger partial charge in [-0.15, -0.1) is 0 Å². The second-order valence-electron chi connectivity index (χ2n) is 11.2. The second-order valence-corrected chi connectivity index (χ2v) is 12.0. The molecule has 1 aliphatic carbocycles. The molecule has 0 radical (unpaired) electrons. The minimum atomic E-state index is -4.21. The average molecular weight is 592 g/mol. The topological polar surface area (TPSA) is 59.7 Å². The summed E-state index contributed by atoms with van der Waals surface area (Å²) in [5.74, 6) is -0.760. The van der Waals surface area contributed by atoms with Crippen molar-refractivity contribution in [2.45, 2.75) is 64.1 Å². The van der Waals surface area contributed by atoms with Crippen LogP contribution in [-0.4, -0.2) is 47.4 Å². The van der Waals surface area contributed by atoms with Gasteiger partial charge in [-0.25, -0.2) is 0 Å². The van der Waals surface area contributed by atoms with Crippen molar-refractivity contribution in [2.24, 2.45) is 16.3 Å². The number of amides is 1. The van der Waals surface area contributed by atoms with Crippen molar-refractivity contribution in [2.75, 3.05) is 19.6 Å². The van der Waals surface area contributed by atoms with Crippen molar-refractivity contribution in [3.8, 4) is 17.3 Å². The van der Waals surface area contributed by atoms with Gasteiger partial charge < -0.3 is 9.80 Å². The Bertz CT molecular complexity index is 1300. The van der Waals surface area contributed by atoms with Gasteiger partial charge >= 0.3 is 6.18 Å². The van der Waals surface area contributed by atoms with Crippen molar-refractivity contribution in [3.05, 3.63) is 57.6 Å². The molecule has 1 amide bonds. The van der Waals surface area contributed by atoms with Gasteiger partial charge in [0.05, 0.1) is 5.92 Å². The number of nitrogens with zero attached hydrogens (tertiary/aromatic N) is 4. The van der Waals surface area contributed by atoms with Crippen LogP contribution in [0.2, 0.25) is 10.0 Å². The van der Waals surface area contributed by atoms with Crippen LogP contribution in [0.25, 0.3) is 11.1 Å². The van der Waals surface area contributed by atoms with Gasteiger partial charge in [-0.3, -0.25) is 4.79 Å². The molecule has 2 saturated heterocycles. The van der Waals surface area contributed by atoms with E-state index >= 15 is 0 Å². The van der Waals surface area contributed by atoms with Crippen LogP contribution in [0.4, 0.5) is 13.2 Å². The number of amidine groups is 1. The molecule has 40 heavy (non-hydrogen) atoms.